The Morgan fingerprint density at radius 2 is 2.00 bits per heavy atom. The van der Waals surface area contributed by atoms with E-state index >= 15 is 0 Å². The van der Waals surface area contributed by atoms with Gasteiger partial charge >= 0.3 is 0 Å². The molecule has 1 aliphatic rings. The number of rotatable bonds is 6. The standard InChI is InChI=1S/C25H27N3O4S2/c1-5-14-27-21-13-8-18(17(2)3)16-23(21)33-25(27)26-24(29)22-7-6-15-28(22)34(30,31)20-11-9-19(32-4)10-12-20/h1,8-13,16-17,22H,6-7,14-15H2,2-4H3. The molecule has 9 heteroatoms. The molecule has 0 saturated carbocycles. The number of thiazole rings is 1. The topological polar surface area (TPSA) is 81.0 Å². The first-order valence-corrected chi connectivity index (χ1v) is 13.3. The van der Waals surface area contributed by atoms with Crippen LogP contribution >= 0.6 is 11.3 Å². The molecule has 4 rings (SSSR count). The molecule has 1 aromatic heterocycles. The van der Waals surface area contributed by atoms with Crippen molar-refractivity contribution in [1.82, 2.24) is 8.87 Å². The predicted octanol–water partition coefficient (Wildman–Crippen LogP) is 3.75. The average Bonchev–Trinajstić information content (AvgIpc) is 3.45. The lowest BCUT2D eigenvalue weighted by atomic mass is 10.0. The van der Waals surface area contributed by atoms with E-state index in [1.807, 2.05) is 10.6 Å². The third-order valence-electron chi connectivity index (χ3n) is 5.98. The van der Waals surface area contributed by atoms with Crippen LogP contribution in [0.2, 0.25) is 0 Å². The summed E-state index contributed by atoms with van der Waals surface area (Å²) in [5.41, 5.74) is 2.10. The van der Waals surface area contributed by atoms with Crippen LogP contribution in [0.25, 0.3) is 10.2 Å². The second-order valence-electron chi connectivity index (χ2n) is 8.46. The number of methoxy groups -OCH3 is 1. The fourth-order valence-electron chi connectivity index (χ4n) is 4.10. The van der Waals surface area contributed by atoms with Crippen molar-refractivity contribution in [3.05, 3.63) is 52.8 Å². The van der Waals surface area contributed by atoms with Gasteiger partial charge in [-0.15, -0.1) is 6.42 Å². The third-order valence-corrected chi connectivity index (χ3v) is 8.95. The first kappa shape index (κ1) is 24.2. The van der Waals surface area contributed by atoms with Crippen LogP contribution in [0.15, 0.2) is 52.4 Å². The number of terminal acetylenes is 1. The molecule has 0 N–H and O–H groups in total. The van der Waals surface area contributed by atoms with Crippen LogP contribution in [0.4, 0.5) is 0 Å². The van der Waals surface area contributed by atoms with E-state index in [0.717, 1.165) is 10.2 Å². The molecule has 1 atom stereocenters. The molecule has 0 radical (unpaired) electrons. The Morgan fingerprint density at radius 1 is 1.26 bits per heavy atom. The minimum absolute atomic E-state index is 0.124. The summed E-state index contributed by atoms with van der Waals surface area (Å²) in [6.45, 7) is 4.79. The fourth-order valence-corrected chi connectivity index (χ4v) is 6.84. The van der Waals surface area contributed by atoms with Crippen LogP contribution in [0, 0.1) is 12.3 Å². The van der Waals surface area contributed by atoms with Crippen LogP contribution < -0.4 is 9.54 Å². The molecule has 34 heavy (non-hydrogen) atoms. The zero-order valence-electron chi connectivity index (χ0n) is 19.4. The molecule has 1 fully saturated rings. The molecule has 0 aliphatic carbocycles. The maximum Gasteiger partial charge on any atom is 0.266 e. The fraction of sp³-hybridized carbons (Fsp3) is 0.360. The molecular formula is C25H27N3O4S2. The number of aromatic nitrogens is 1. The number of sulfonamides is 1. The Hall–Kier alpha value is -2.93. The number of nitrogens with zero attached hydrogens (tertiary/aromatic N) is 3. The van der Waals surface area contributed by atoms with Gasteiger partial charge in [0, 0.05) is 6.54 Å². The normalized spacial score (nSPS) is 17.4. The summed E-state index contributed by atoms with van der Waals surface area (Å²) in [4.78, 5) is 18.2. The largest absolute Gasteiger partial charge is 0.497 e. The van der Waals surface area contributed by atoms with E-state index in [1.165, 1.54) is 40.4 Å². The molecule has 1 unspecified atom stereocenters. The SMILES string of the molecule is C#CCn1c(=NC(=O)C2CCCN2S(=O)(=O)c2ccc(OC)cc2)sc2cc(C(C)C)ccc21. The summed E-state index contributed by atoms with van der Waals surface area (Å²) in [6, 6.07) is 11.5. The number of ether oxygens (including phenoxy) is 1. The van der Waals surface area contributed by atoms with Crippen LogP contribution in [-0.2, 0) is 21.4 Å². The minimum atomic E-state index is -3.85. The number of fused-ring (bicyclic) bond motifs is 1. The molecule has 1 aliphatic heterocycles. The first-order chi connectivity index (χ1) is 16.3. The van der Waals surface area contributed by atoms with Gasteiger partial charge in [-0.25, -0.2) is 8.42 Å². The van der Waals surface area contributed by atoms with Crippen molar-refractivity contribution in [2.45, 2.75) is 50.1 Å². The molecule has 1 amide bonds. The zero-order valence-corrected chi connectivity index (χ0v) is 21.0. The van der Waals surface area contributed by atoms with Gasteiger partial charge in [0.05, 0.1) is 28.8 Å². The van der Waals surface area contributed by atoms with E-state index in [2.05, 4.69) is 36.9 Å². The first-order valence-electron chi connectivity index (χ1n) is 11.1. The highest BCUT2D eigenvalue weighted by molar-refractivity contribution is 7.89. The van der Waals surface area contributed by atoms with E-state index in [1.54, 1.807) is 12.1 Å². The number of amides is 1. The Labute approximate surface area is 203 Å². The smallest absolute Gasteiger partial charge is 0.266 e. The summed E-state index contributed by atoms with van der Waals surface area (Å²) in [6.07, 6.45) is 6.60. The predicted molar refractivity (Wildman–Crippen MR) is 133 cm³/mol. The van der Waals surface area contributed by atoms with Gasteiger partial charge < -0.3 is 9.30 Å². The summed E-state index contributed by atoms with van der Waals surface area (Å²) in [7, 11) is -2.33. The quantitative estimate of drug-likeness (QED) is 0.486. The number of carbonyl (C=O) groups is 1. The zero-order chi connectivity index (χ0) is 24.5. The van der Waals surface area contributed by atoms with Gasteiger partial charge in [0.15, 0.2) is 4.80 Å². The Balaban J connectivity index is 1.71. The van der Waals surface area contributed by atoms with Crippen molar-refractivity contribution in [2.75, 3.05) is 13.7 Å². The highest BCUT2D eigenvalue weighted by atomic mass is 32.2. The monoisotopic (exact) mass is 497 g/mol. The number of benzene rings is 2. The number of carbonyl (C=O) groups excluding carboxylic acids is 1. The molecule has 0 bridgehead atoms. The minimum Gasteiger partial charge on any atom is -0.497 e. The van der Waals surface area contributed by atoms with E-state index in [0.29, 0.717) is 29.3 Å². The van der Waals surface area contributed by atoms with Gasteiger partial charge in [0.25, 0.3) is 5.91 Å². The number of hydrogen-bond donors (Lipinski definition) is 0. The van der Waals surface area contributed by atoms with Crippen LogP contribution in [0.1, 0.15) is 38.2 Å². The van der Waals surface area contributed by atoms with Crippen molar-refractivity contribution in [3.8, 4) is 18.1 Å². The highest BCUT2D eigenvalue weighted by Crippen LogP contribution is 2.28. The summed E-state index contributed by atoms with van der Waals surface area (Å²) in [5.74, 6) is 3.08. The van der Waals surface area contributed by atoms with Gasteiger partial charge in [-0.3, -0.25) is 4.79 Å². The molecular weight excluding hydrogens is 470 g/mol. The Kier molecular flexibility index (Phi) is 6.94. The van der Waals surface area contributed by atoms with Gasteiger partial charge in [0.1, 0.15) is 11.8 Å². The lowest BCUT2D eigenvalue weighted by Gasteiger charge is -2.21. The lowest BCUT2D eigenvalue weighted by molar-refractivity contribution is -0.121. The molecule has 7 nitrogen and oxygen atoms in total. The lowest BCUT2D eigenvalue weighted by Crippen LogP contribution is -2.40. The van der Waals surface area contributed by atoms with Crippen molar-refractivity contribution in [1.29, 1.82) is 0 Å². The third kappa shape index (κ3) is 4.53. The second kappa shape index (κ2) is 9.74. The van der Waals surface area contributed by atoms with Gasteiger partial charge in [-0.05, 0) is 60.7 Å². The van der Waals surface area contributed by atoms with Crippen LogP contribution in [-0.4, -0.2) is 42.9 Å². The number of hydrogen-bond acceptors (Lipinski definition) is 5. The molecule has 2 aromatic carbocycles. The van der Waals surface area contributed by atoms with Gasteiger partial charge in [-0.1, -0.05) is 37.2 Å². The molecule has 1 saturated heterocycles. The van der Waals surface area contributed by atoms with E-state index < -0.39 is 22.0 Å². The van der Waals surface area contributed by atoms with Crippen molar-refractivity contribution < 1.29 is 17.9 Å². The maximum atomic E-state index is 13.3. The Morgan fingerprint density at radius 3 is 2.65 bits per heavy atom. The molecule has 0 spiro atoms. The summed E-state index contributed by atoms with van der Waals surface area (Å²) >= 11 is 1.39. The van der Waals surface area contributed by atoms with Crippen molar-refractivity contribution in [3.63, 3.8) is 0 Å². The Bertz CT molecular complexity index is 1430. The summed E-state index contributed by atoms with van der Waals surface area (Å²) in [5, 5.41) is 0. The molecule has 3 aromatic rings. The van der Waals surface area contributed by atoms with Crippen LogP contribution in [0.3, 0.4) is 0 Å². The highest BCUT2D eigenvalue weighted by Gasteiger charge is 2.39. The van der Waals surface area contributed by atoms with Crippen LogP contribution in [0.5, 0.6) is 5.75 Å². The van der Waals surface area contributed by atoms with Crippen molar-refractivity contribution in [2.24, 2.45) is 4.99 Å². The van der Waals surface area contributed by atoms with Crippen molar-refractivity contribution >= 4 is 37.5 Å². The molecule has 2 heterocycles. The maximum absolute atomic E-state index is 13.3. The van der Waals surface area contributed by atoms with Gasteiger partial charge in [-0.2, -0.15) is 9.30 Å². The molecule has 178 valence electrons. The van der Waals surface area contributed by atoms with E-state index in [4.69, 9.17) is 11.2 Å². The average molecular weight is 498 g/mol. The summed E-state index contributed by atoms with van der Waals surface area (Å²) < 4.78 is 35.7. The van der Waals surface area contributed by atoms with Gasteiger partial charge in [0.2, 0.25) is 10.0 Å². The second-order valence-corrected chi connectivity index (χ2v) is 11.4. The van der Waals surface area contributed by atoms with E-state index in [9.17, 15) is 13.2 Å². The van der Waals surface area contributed by atoms with E-state index in [-0.39, 0.29) is 18.0 Å².